The van der Waals surface area contributed by atoms with Gasteiger partial charge in [-0.1, -0.05) is 12.1 Å². The zero-order valence-corrected chi connectivity index (χ0v) is 14.5. The van der Waals surface area contributed by atoms with E-state index >= 15 is 0 Å². The summed E-state index contributed by atoms with van der Waals surface area (Å²) in [6.45, 7) is 5.43. The molecule has 0 bridgehead atoms. The first-order valence-electron chi connectivity index (χ1n) is 9.02. The number of aryl methyl sites for hydroxylation is 1. The van der Waals surface area contributed by atoms with Crippen LogP contribution < -0.4 is 0 Å². The number of hydrogen-bond donors (Lipinski definition) is 1. The maximum Gasteiger partial charge on any atom is 0.225 e. The Bertz CT molecular complexity index is 662. The molecule has 1 amide bonds. The Balaban J connectivity index is 1.25. The van der Waals surface area contributed by atoms with Crippen LogP contribution in [0.5, 0.6) is 0 Å². The van der Waals surface area contributed by atoms with Crippen LogP contribution in [0.2, 0.25) is 0 Å². The van der Waals surface area contributed by atoms with Crippen molar-refractivity contribution in [1.82, 2.24) is 4.90 Å². The van der Waals surface area contributed by atoms with Gasteiger partial charge in [0.1, 0.15) is 5.82 Å². The number of halogens is 1. The van der Waals surface area contributed by atoms with Gasteiger partial charge in [0, 0.05) is 24.4 Å². The van der Waals surface area contributed by atoms with Gasteiger partial charge in [-0.2, -0.15) is 0 Å². The molecule has 3 fully saturated rings. The average molecular weight is 331 g/mol. The topological polar surface area (TPSA) is 40.5 Å². The molecular formula is C20H26FNO2. The number of aliphatic hydroxyl groups is 1. The van der Waals surface area contributed by atoms with Gasteiger partial charge in [-0.05, 0) is 69.1 Å². The van der Waals surface area contributed by atoms with E-state index in [1.54, 1.807) is 13.0 Å². The molecule has 1 saturated heterocycles. The molecule has 3 aliphatic rings. The van der Waals surface area contributed by atoms with Gasteiger partial charge in [-0.25, -0.2) is 4.39 Å². The van der Waals surface area contributed by atoms with Crippen molar-refractivity contribution in [1.29, 1.82) is 0 Å². The Labute approximate surface area is 142 Å². The normalized spacial score (nSPS) is 31.3. The van der Waals surface area contributed by atoms with Crippen LogP contribution in [-0.4, -0.2) is 34.6 Å². The Morgan fingerprint density at radius 2 is 1.96 bits per heavy atom. The van der Waals surface area contributed by atoms with Gasteiger partial charge in [0.05, 0.1) is 5.60 Å². The smallest absolute Gasteiger partial charge is 0.225 e. The fraction of sp³-hybridized carbons (Fsp3) is 0.650. The summed E-state index contributed by atoms with van der Waals surface area (Å²) in [4.78, 5) is 14.3. The summed E-state index contributed by atoms with van der Waals surface area (Å²) in [5.74, 6) is 0.706. The second kappa shape index (κ2) is 5.29. The molecule has 130 valence electrons. The lowest BCUT2D eigenvalue weighted by Crippen LogP contribution is -2.66. The van der Waals surface area contributed by atoms with Gasteiger partial charge in [0.25, 0.3) is 0 Å². The molecule has 24 heavy (non-hydrogen) atoms. The number of hydrogen-bond acceptors (Lipinski definition) is 2. The number of nitrogens with zero attached hydrogens (tertiary/aromatic N) is 1. The number of rotatable bonds is 3. The van der Waals surface area contributed by atoms with E-state index in [0.717, 1.165) is 43.5 Å². The summed E-state index contributed by atoms with van der Waals surface area (Å²) >= 11 is 0. The molecule has 2 saturated carbocycles. The highest BCUT2D eigenvalue weighted by Gasteiger charge is 2.55. The van der Waals surface area contributed by atoms with Gasteiger partial charge >= 0.3 is 0 Å². The van der Waals surface area contributed by atoms with Crippen molar-refractivity contribution in [2.45, 2.75) is 51.6 Å². The van der Waals surface area contributed by atoms with E-state index in [1.807, 2.05) is 24.0 Å². The average Bonchev–Trinajstić information content (AvgIpc) is 2.38. The Morgan fingerprint density at radius 1 is 1.29 bits per heavy atom. The standard InChI is InChI=1S/C20H26FNO2/c1-13-3-4-15(17(21)5-13)6-14-7-20(8-14)11-22(12-20)18(23)16-9-19(2,24)10-16/h3-5,14,16,24H,6-12H2,1-2H3/t16-,19+. The molecule has 1 aromatic carbocycles. The van der Waals surface area contributed by atoms with Crippen LogP contribution in [0.3, 0.4) is 0 Å². The summed E-state index contributed by atoms with van der Waals surface area (Å²) in [5, 5.41) is 9.78. The Kier molecular flexibility index (Phi) is 3.54. The van der Waals surface area contributed by atoms with E-state index in [2.05, 4.69) is 0 Å². The number of likely N-dealkylation sites (tertiary alicyclic amines) is 1. The minimum absolute atomic E-state index is 0.0230. The molecule has 0 radical (unpaired) electrons. The molecule has 1 N–H and O–H groups in total. The summed E-state index contributed by atoms with van der Waals surface area (Å²) in [6.07, 6.45) is 4.22. The lowest BCUT2D eigenvalue weighted by Gasteiger charge is -2.60. The lowest BCUT2D eigenvalue weighted by atomic mass is 9.56. The van der Waals surface area contributed by atoms with Crippen molar-refractivity contribution in [2.24, 2.45) is 17.3 Å². The van der Waals surface area contributed by atoms with Gasteiger partial charge in [0.15, 0.2) is 0 Å². The molecule has 4 heteroatoms. The van der Waals surface area contributed by atoms with Gasteiger partial charge in [-0.3, -0.25) is 4.79 Å². The minimum Gasteiger partial charge on any atom is -0.390 e. The molecule has 0 unspecified atom stereocenters. The molecule has 1 spiro atoms. The maximum absolute atomic E-state index is 14.0. The molecule has 2 aliphatic carbocycles. The fourth-order valence-corrected chi connectivity index (χ4v) is 5.05. The number of benzene rings is 1. The van der Waals surface area contributed by atoms with E-state index in [-0.39, 0.29) is 17.6 Å². The molecule has 1 aliphatic heterocycles. The molecule has 4 rings (SSSR count). The highest BCUT2D eigenvalue weighted by atomic mass is 19.1. The molecular weight excluding hydrogens is 305 g/mol. The van der Waals surface area contributed by atoms with E-state index in [4.69, 9.17) is 0 Å². The first-order chi connectivity index (χ1) is 11.3. The molecule has 0 aromatic heterocycles. The van der Waals surface area contributed by atoms with E-state index in [1.165, 1.54) is 0 Å². The van der Waals surface area contributed by atoms with Crippen molar-refractivity contribution >= 4 is 5.91 Å². The number of amides is 1. The third-order valence-electron chi connectivity index (χ3n) is 6.25. The minimum atomic E-state index is -0.636. The molecule has 3 nitrogen and oxygen atoms in total. The Morgan fingerprint density at radius 3 is 2.54 bits per heavy atom. The monoisotopic (exact) mass is 331 g/mol. The first-order valence-corrected chi connectivity index (χ1v) is 9.02. The third kappa shape index (κ3) is 2.75. The van der Waals surface area contributed by atoms with E-state index < -0.39 is 5.60 Å². The first kappa shape index (κ1) is 16.1. The van der Waals surface area contributed by atoms with Crippen molar-refractivity contribution < 1.29 is 14.3 Å². The molecule has 1 aromatic rings. The lowest BCUT2D eigenvalue weighted by molar-refractivity contribution is -0.171. The van der Waals surface area contributed by atoms with Crippen molar-refractivity contribution in [3.63, 3.8) is 0 Å². The highest BCUT2D eigenvalue weighted by molar-refractivity contribution is 5.81. The van der Waals surface area contributed by atoms with Gasteiger partial charge < -0.3 is 10.0 Å². The van der Waals surface area contributed by atoms with Crippen molar-refractivity contribution in [2.75, 3.05) is 13.1 Å². The third-order valence-corrected chi connectivity index (χ3v) is 6.25. The van der Waals surface area contributed by atoms with Crippen LogP contribution in [0.25, 0.3) is 0 Å². The van der Waals surface area contributed by atoms with Crippen molar-refractivity contribution in [3.05, 3.63) is 35.1 Å². The summed E-state index contributed by atoms with van der Waals surface area (Å²) in [5.41, 5.74) is 1.45. The second-order valence-corrected chi connectivity index (χ2v) is 8.87. The number of carbonyl (C=O) groups is 1. The van der Waals surface area contributed by atoms with Crippen LogP contribution in [0.15, 0.2) is 18.2 Å². The predicted molar refractivity (Wildman–Crippen MR) is 89.9 cm³/mol. The Hall–Kier alpha value is -1.42. The maximum atomic E-state index is 14.0. The van der Waals surface area contributed by atoms with E-state index in [9.17, 15) is 14.3 Å². The van der Waals surface area contributed by atoms with Gasteiger partial charge in [0.2, 0.25) is 5.91 Å². The SMILES string of the molecule is Cc1ccc(CC2CC3(C2)CN(C(=O)[C@H]2C[C@@](C)(O)C2)C3)c(F)c1. The summed E-state index contributed by atoms with van der Waals surface area (Å²) in [6, 6.07) is 5.50. The van der Waals surface area contributed by atoms with Crippen LogP contribution in [0.4, 0.5) is 4.39 Å². The van der Waals surface area contributed by atoms with Crippen LogP contribution in [0.1, 0.15) is 43.7 Å². The molecule has 1 heterocycles. The van der Waals surface area contributed by atoms with Crippen LogP contribution >= 0.6 is 0 Å². The van der Waals surface area contributed by atoms with E-state index in [0.29, 0.717) is 24.2 Å². The largest absolute Gasteiger partial charge is 0.390 e. The fourth-order valence-electron chi connectivity index (χ4n) is 5.05. The highest BCUT2D eigenvalue weighted by Crippen LogP contribution is 2.54. The second-order valence-electron chi connectivity index (χ2n) is 8.87. The summed E-state index contributed by atoms with van der Waals surface area (Å²) < 4.78 is 14.0. The summed E-state index contributed by atoms with van der Waals surface area (Å²) in [7, 11) is 0. The quantitative estimate of drug-likeness (QED) is 0.925. The van der Waals surface area contributed by atoms with Gasteiger partial charge in [-0.15, -0.1) is 0 Å². The zero-order chi connectivity index (χ0) is 17.1. The van der Waals surface area contributed by atoms with Crippen LogP contribution in [-0.2, 0) is 11.2 Å². The predicted octanol–water partition coefficient (Wildman–Crippen LogP) is 3.08. The van der Waals surface area contributed by atoms with Crippen LogP contribution in [0, 0.1) is 30.0 Å². The zero-order valence-electron chi connectivity index (χ0n) is 14.5. The molecule has 0 atom stereocenters. The number of carbonyl (C=O) groups excluding carboxylic acids is 1. The van der Waals surface area contributed by atoms with Crippen molar-refractivity contribution in [3.8, 4) is 0 Å².